The molecule has 1 unspecified atom stereocenters. The second-order valence-corrected chi connectivity index (χ2v) is 7.83. The van der Waals surface area contributed by atoms with E-state index in [4.69, 9.17) is 4.99 Å². The molecular formula is C23H17FN4OS. The predicted octanol–water partition coefficient (Wildman–Crippen LogP) is 2.90. The number of hydrogen-bond donors (Lipinski definition) is 1. The standard InChI is InChI=1S/C23H17FN4OS/c24-18-12-6-4-10-16(18)21-25-19-13-7-5-11-17(19)20-22(29)26-23(27-28(20)21)30-14-15-8-2-1-3-9-15/h1-13,21H,14H2,(H,26,27,29). The monoisotopic (exact) mass is 416 g/mol. The smallest absolute Gasteiger partial charge is 0.276 e. The van der Waals surface area contributed by atoms with Gasteiger partial charge in [0.05, 0.1) is 5.36 Å². The van der Waals surface area contributed by atoms with Gasteiger partial charge in [-0.05, 0) is 17.7 Å². The van der Waals surface area contributed by atoms with Crippen molar-refractivity contribution in [2.45, 2.75) is 11.9 Å². The van der Waals surface area contributed by atoms with Crippen molar-refractivity contribution >= 4 is 28.5 Å². The highest BCUT2D eigenvalue weighted by atomic mass is 32.2. The van der Waals surface area contributed by atoms with E-state index in [9.17, 15) is 9.18 Å². The first-order valence-corrected chi connectivity index (χ1v) is 10.5. The van der Waals surface area contributed by atoms with Gasteiger partial charge in [-0.1, -0.05) is 78.5 Å². The van der Waals surface area contributed by atoms with Crippen LogP contribution in [0.2, 0.25) is 0 Å². The Hall–Kier alpha value is -3.45. The summed E-state index contributed by atoms with van der Waals surface area (Å²) in [5.41, 5.74) is 1.86. The van der Waals surface area contributed by atoms with Crippen LogP contribution in [0.5, 0.6) is 0 Å². The number of halogens is 1. The summed E-state index contributed by atoms with van der Waals surface area (Å²) >= 11 is 1.42. The average molecular weight is 416 g/mol. The van der Waals surface area contributed by atoms with Crippen molar-refractivity contribution in [3.8, 4) is 0 Å². The maximum absolute atomic E-state index is 14.6. The molecule has 0 fully saturated rings. The molecular weight excluding hydrogens is 399 g/mol. The molecule has 0 aromatic heterocycles. The fourth-order valence-corrected chi connectivity index (χ4v) is 4.31. The van der Waals surface area contributed by atoms with Gasteiger partial charge in [-0.3, -0.25) is 15.1 Å². The number of rotatable bonds is 3. The van der Waals surface area contributed by atoms with Gasteiger partial charge >= 0.3 is 0 Å². The van der Waals surface area contributed by atoms with Crippen LogP contribution in [-0.4, -0.2) is 16.1 Å². The second kappa shape index (κ2) is 7.76. The Morgan fingerprint density at radius 3 is 2.53 bits per heavy atom. The van der Waals surface area contributed by atoms with E-state index in [0.717, 1.165) is 5.56 Å². The Bertz CT molecular complexity index is 1280. The summed E-state index contributed by atoms with van der Waals surface area (Å²) in [5, 5.41) is 10.8. The Morgan fingerprint density at radius 1 is 0.967 bits per heavy atom. The van der Waals surface area contributed by atoms with Crippen molar-refractivity contribution in [3.05, 3.63) is 106 Å². The quantitative estimate of drug-likeness (QED) is 0.714. The molecule has 0 saturated carbocycles. The highest BCUT2D eigenvalue weighted by Crippen LogP contribution is 2.32. The van der Waals surface area contributed by atoms with Gasteiger partial charge in [0.15, 0.2) is 11.3 Å². The molecule has 5 nitrogen and oxygen atoms in total. The summed E-state index contributed by atoms with van der Waals surface area (Å²) in [6, 6.07) is 23.7. The fourth-order valence-electron chi connectivity index (χ4n) is 3.51. The van der Waals surface area contributed by atoms with Crippen molar-refractivity contribution in [3.63, 3.8) is 0 Å². The zero-order valence-corrected chi connectivity index (χ0v) is 16.6. The molecule has 0 spiro atoms. The van der Waals surface area contributed by atoms with Crippen molar-refractivity contribution in [1.82, 2.24) is 10.3 Å². The highest BCUT2D eigenvalue weighted by molar-refractivity contribution is 8.13. The van der Waals surface area contributed by atoms with E-state index in [1.54, 1.807) is 18.2 Å². The molecule has 3 aromatic carbocycles. The van der Waals surface area contributed by atoms with Gasteiger partial charge < -0.3 is 0 Å². The lowest BCUT2D eigenvalue weighted by Gasteiger charge is -2.34. The molecule has 0 radical (unpaired) electrons. The summed E-state index contributed by atoms with van der Waals surface area (Å²) in [6.45, 7) is 0. The molecule has 5 rings (SSSR count). The molecule has 0 saturated heterocycles. The molecule has 3 aromatic rings. The molecule has 2 aliphatic rings. The number of carbonyl (C=O) groups is 1. The number of fused-ring (bicyclic) bond motifs is 2. The van der Waals surface area contributed by atoms with E-state index >= 15 is 0 Å². The first-order valence-electron chi connectivity index (χ1n) is 9.48. The first kappa shape index (κ1) is 18.6. The number of hydrazone groups is 1. The van der Waals surface area contributed by atoms with Gasteiger partial charge in [0, 0.05) is 16.5 Å². The van der Waals surface area contributed by atoms with Gasteiger partial charge in [0.25, 0.3) is 5.91 Å². The van der Waals surface area contributed by atoms with Crippen molar-refractivity contribution in [2.24, 2.45) is 10.1 Å². The third kappa shape index (κ3) is 3.37. The lowest BCUT2D eigenvalue weighted by atomic mass is 10.1. The third-order valence-corrected chi connectivity index (χ3v) is 5.85. The van der Waals surface area contributed by atoms with Crippen LogP contribution >= 0.6 is 11.8 Å². The number of nitrogens with zero attached hydrogens (tertiary/aromatic N) is 3. The van der Waals surface area contributed by atoms with Crippen LogP contribution in [0.4, 0.5) is 4.39 Å². The number of nitrogens with one attached hydrogen (secondary N) is 1. The number of thioether (sulfide) groups is 1. The number of amides is 1. The normalized spacial score (nSPS) is 17.4. The zero-order valence-electron chi connectivity index (χ0n) is 15.8. The van der Waals surface area contributed by atoms with Crippen LogP contribution in [0.15, 0.2) is 89.0 Å². The van der Waals surface area contributed by atoms with Crippen LogP contribution in [0.3, 0.4) is 0 Å². The number of amidine groups is 1. The van der Waals surface area contributed by atoms with Crippen LogP contribution in [0.25, 0.3) is 5.70 Å². The van der Waals surface area contributed by atoms with Gasteiger partial charge in [-0.2, -0.15) is 0 Å². The second-order valence-electron chi connectivity index (χ2n) is 6.87. The topological polar surface area (TPSA) is 57.1 Å². The predicted molar refractivity (Wildman–Crippen MR) is 115 cm³/mol. The number of hydrogen-bond acceptors (Lipinski definition) is 5. The molecule has 30 heavy (non-hydrogen) atoms. The number of para-hydroxylation sites is 1. The Morgan fingerprint density at radius 2 is 1.70 bits per heavy atom. The first-order chi connectivity index (χ1) is 14.7. The molecule has 1 amide bonds. The molecule has 0 bridgehead atoms. The molecule has 1 N–H and O–H groups in total. The summed E-state index contributed by atoms with van der Waals surface area (Å²) < 4.78 is 14.6. The molecule has 0 aliphatic carbocycles. The van der Waals surface area contributed by atoms with Crippen molar-refractivity contribution in [1.29, 1.82) is 0 Å². The van der Waals surface area contributed by atoms with E-state index in [0.29, 0.717) is 32.8 Å². The van der Waals surface area contributed by atoms with Gasteiger partial charge in [0.2, 0.25) is 0 Å². The van der Waals surface area contributed by atoms with Gasteiger partial charge in [0.1, 0.15) is 11.5 Å². The lowest BCUT2D eigenvalue weighted by molar-refractivity contribution is -0.116. The molecule has 2 aliphatic heterocycles. The van der Waals surface area contributed by atoms with E-state index in [1.165, 1.54) is 22.8 Å². The van der Waals surface area contributed by atoms with Crippen molar-refractivity contribution < 1.29 is 9.18 Å². The highest BCUT2D eigenvalue weighted by Gasteiger charge is 2.35. The minimum Gasteiger partial charge on any atom is -0.298 e. The van der Waals surface area contributed by atoms with Crippen LogP contribution < -0.4 is 15.9 Å². The minimum atomic E-state index is -0.755. The number of carbonyl (C=O) groups excluding carboxylic acids is 1. The van der Waals surface area contributed by atoms with Crippen LogP contribution in [0.1, 0.15) is 17.3 Å². The Labute approximate surface area is 176 Å². The summed E-state index contributed by atoms with van der Waals surface area (Å²) in [7, 11) is 0. The Kier molecular flexibility index (Phi) is 4.80. The van der Waals surface area contributed by atoms with Crippen LogP contribution in [0, 0.1) is 5.82 Å². The van der Waals surface area contributed by atoms with E-state index < -0.39 is 6.17 Å². The zero-order chi connectivity index (χ0) is 20.5. The maximum Gasteiger partial charge on any atom is 0.276 e. The van der Waals surface area contributed by atoms with Crippen molar-refractivity contribution in [2.75, 3.05) is 0 Å². The summed E-state index contributed by atoms with van der Waals surface area (Å²) in [5.74, 6) is -0.00443. The lowest BCUT2D eigenvalue weighted by Crippen LogP contribution is -2.50. The number of benzene rings is 3. The fraction of sp³-hybridized carbons (Fsp3) is 0.0870. The molecule has 148 valence electrons. The summed E-state index contributed by atoms with van der Waals surface area (Å²) in [6.07, 6.45) is -0.755. The SMILES string of the molecule is O=C1NC(SCc2ccccc2)=NN2C1=c1ccccc1=NC2c1ccccc1F. The molecule has 7 heteroatoms. The third-order valence-electron chi connectivity index (χ3n) is 4.92. The Balaban J connectivity index is 1.59. The van der Waals surface area contributed by atoms with Gasteiger partial charge in [-0.15, -0.1) is 5.10 Å². The summed E-state index contributed by atoms with van der Waals surface area (Å²) in [4.78, 5) is 17.8. The van der Waals surface area contributed by atoms with E-state index in [-0.39, 0.29) is 11.7 Å². The van der Waals surface area contributed by atoms with E-state index in [2.05, 4.69) is 10.4 Å². The average Bonchev–Trinajstić information content (AvgIpc) is 2.78. The largest absolute Gasteiger partial charge is 0.298 e. The van der Waals surface area contributed by atoms with Gasteiger partial charge in [-0.25, -0.2) is 9.40 Å². The van der Waals surface area contributed by atoms with Crippen LogP contribution in [-0.2, 0) is 10.5 Å². The van der Waals surface area contributed by atoms with E-state index in [1.807, 2.05) is 54.6 Å². The molecule has 2 heterocycles. The maximum atomic E-state index is 14.6. The minimum absolute atomic E-state index is 0.274. The molecule has 1 atom stereocenters.